The molecule has 1 atom stereocenters. The minimum absolute atomic E-state index is 0.450. The average molecular weight is 389 g/mol. The largest absolute Gasteiger partial charge is 0.347 e. The molecule has 8 heteroatoms. The second-order valence-corrected chi connectivity index (χ2v) is 7.49. The summed E-state index contributed by atoms with van der Waals surface area (Å²) in [5.41, 5.74) is 0.842. The lowest BCUT2D eigenvalue weighted by molar-refractivity contribution is 0.249. The van der Waals surface area contributed by atoms with Gasteiger partial charge in [-0.25, -0.2) is 0 Å². The van der Waals surface area contributed by atoms with Crippen LogP contribution in [0.3, 0.4) is 0 Å². The molecule has 2 aliphatic heterocycles. The molecule has 1 aromatic heterocycles. The Labute approximate surface area is 164 Å². The van der Waals surface area contributed by atoms with Crippen molar-refractivity contribution < 1.29 is 4.52 Å². The standard InChI is InChI=1S/C19H25ClN6O/c1-21-19(26-10-7-16(13-26)25-8-2-3-9-25)22-12-17-23-18(24-27-17)14-5-4-6-15(20)11-14/h4-6,11,16H,2-3,7-10,12-13H2,1H3,(H,21,22). The minimum atomic E-state index is 0.450. The van der Waals surface area contributed by atoms with E-state index in [9.17, 15) is 0 Å². The maximum Gasteiger partial charge on any atom is 0.246 e. The Bertz CT molecular complexity index is 801. The highest BCUT2D eigenvalue weighted by molar-refractivity contribution is 6.30. The van der Waals surface area contributed by atoms with E-state index >= 15 is 0 Å². The molecule has 0 spiro atoms. The second-order valence-electron chi connectivity index (χ2n) is 7.05. The quantitative estimate of drug-likeness (QED) is 0.641. The van der Waals surface area contributed by atoms with Gasteiger partial charge < -0.3 is 14.7 Å². The summed E-state index contributed by atoms with van der Waals surface area (Å²) in [7, 11) is 1.82. The van der Waals surface area contributed by atoms with Crippen LogP contribution in [0.25, 0.3) is 11.4 Å². The summed E-state index contributed by atoms with van der Waals surface area (Å²) in [6, 6.07) is 8.07. The fraction of sp³-hybridized carbons (Fsp3) is 0.526. The van der Waals surface area contributed by atoms with Gasteiger partial charge in [-0.1, -0.05) is 28.9 Å². The van der Waals surface area contributed by atoms with Crippen LogP contribution in [0.4, 0.5) is 0 Å². The third-order valence-electron chi connectivity index (χ3n) is 5.28. The van der Waals surface area contributed by atoms with E-state index < -0.39 is 0 Å². The maximum atomic E-state index is 6.03. The van der Waals surface area contributed by atoms with Crippen molar-refractivity contribution in [2.45, 2.75) is 31.8 Å². The molecular weight excluding hydrogens is 364 g/mol. The Morgan fingerprint density at radius 1 is 1.33 bits per heavy atom. The van der Waals surface area contributed by atoms with Crippen molar-refractivity contribution in [3.05, 3.63) is 35.2 Å². The Hall–Kier alpha value is -2.12. The average Bonchev–Trinajstić information content (AvgIpc) is 3.43. The lowest BCUT2D eigenvalue weighted by Crippen LogP contribution is -2.42. The Kier molecular flexibility index (Phi) is 5.59. The van der Waals surface area contributed by atoms with Crippen LogP contribution in [0.2, 0.25) is 5.02 Å². The first-order valence-electron chi connectivity index (χ1n) is 9.51. The van der Waals surface area contributed by atoms with Crippen LogP contribution < -0.4 is 5.32 Å². The number of nitrogens with zero attached hydrogens (tertiary/aromatic N) is 5. The van der Waals surface area contributed by atoms with Crippen LogP contribution in [-0.4, -0.2) is 65.2 Å². The highest BCUT2D eigenvalue weighted by Gasteiger charge is 2.30. The SMILES string of the molecule is CN=C(NCc1nc(-c2cccc(Cl)c2)no1)N1CCC(N2CCCC2)C1. The summed E-state index contributed by atoms with van der Waals surface area (Å²) in [5, 5.41) is 8.05. The van der Waals surface area contributed by atoms with Gasteiger partial charge in [-0.15, -0.1) is 0 Å². The fourth-order valence-electron chi connectivity index (χ4n) is 3.90. The van der Waals surface area contributed by atoms with Gasteiger partial charge in [-0.2, -0.15) is 4.98 Å². The molecule has 1 N–H and O–H groups in total. The molecule has 1 aromatic carbocycles. The fourth-order valence-corrected chi connectivity index (χ4v) is 4.09. The smallest absolute Gasteiger partial charge is 0.246 e. The van der Waals surface area contributed by atoms with Crippen LogP contribution in [0, 0.1) is 0 Å². The summed E-state index contributed by atoms with van der Waals surface area (Å²) in [6.07, 6.45) is 3.85. The highest BCUT2D eigenvalue weighted by atomic mass is 35.5. The summed E-state index contributed by atoms with van der Waals surface area (Å²) in [4.78, 5) is 13.8. The molecule has 0 radical (unpaired) electrons. The van der Waals surface area contributed by atoms with Crippen molar-refractivity contribution in [3.8, 4) is 11.4 Å². The summed E-state index contributed by atoms with van der Waals surface area (Å²) < 4.78 is 5.37. The van der Waals surface area contributed by atoms with Crippen molar-refractivity contribution in [2.75, 3.05) is 33.2 Å². The minimum Gasteiger partial charge on any atom is -0.347 e. The molecule has 144 valence electrons. The Morgan fingerprint density at radius 2 is 2.19 bits per heavy atom. The lowest BCUT2D eigenvalue weighted by Gasteiger charge is -2.25. The first kappa shape index (κ1) is 18.3. The van der Waals surface area contributed by atoms with Gasteiger partial charge in [0.15, 0.2) is 5.96 Å². The van der Waals surface area contributed by atoms with E-state index in [1.807, 2.05) is 31.3 Å². The van der Waals surface area contributed by atoms with Gasteiger partial charge in [0.2, 0.25) is 11.7 Å². The third kappa shape index (κ3) is 4.25. The summed E-state index contributed by atoms with van der Waals surface area (Å²) in [6.45, 7) is 4.97. The molecule has 0 aliphatic carbocycles. The molecule has 2 saturated heterocycles. The van der Waals surface area contributed by atoms with Crippen molar-refractivity contribution >= 4 is 17.6 Å². The number of halogens is 1. The second kappa shape index (κ2) is 8.27. The van der Waals surface area contributed by atoms with E-state index in [1.54, 1.807) is 0 Å². The number of aliphatic imine (C=N–C) groups is 1. The number of aromatic nitrogens is 2. The Morgan fingerprint density at radius 3 is 2.96 bits per heavy atom. The molecule has 0 amide bonds. The number of hydrogen-bond donors (Lipinski definition) is 1. The number of hydrogen-bond acceptors (Lipinski definition) is 5. The molecule has 7 nitrogen and oxygen atoms in total. The predicted octanol–water partition coefficient (Wildman–Crippen LogP) is 2.64. The zero-order chi connectivity index (χ0) is 18.6. The van der Waals surface area contributed by atoms with Crippen LogP contribution in [0.15, 0.2) is 33.8 Å². The molecular formula is C19H25ClN6O. The number of rotatable bonds is 4. The van der Waals surface area contributed by atoms with E-state index in [0.717, 1.165) is 24.6 Å². The van der Waals surface area contributed by atoms with Gasteiger partial charge in [0.1, 0.15) is 0 Å². The van der Waals surface area contributed by atoms with Gasteiger partial charge in [0.05, 0.1) is 6.54 Å². The number of benzene rings is 1. The van der Waals surface area contributed by atoms with Gasteiger partial charge >= 0.3 is 0 Å². The summed E-state index contributed by atoms with van der Waals surface area (Å²) in [5.74, 6) is 1.96. The zero-order valence-electron chi connectivity index (χ0n) is 15.6. The van der Waals surface area contributed by atoms with E-state index in [-0.39, 0.29) is 0 Å². The van der Waals surface area contributed by atoms with E-state index in [1.165, 1.54) is 32.4 Å². The van der Waals surface area contributed by atoms with Gasteiger partial charge in [0, 0.05) is 36.8 Å². The first-order chi connectivity index (χ1) is 13.2. The number of guanidine groups is 1. The highest BCUT2D eigenvalue weighted by Crippen LogP contribution is 2.21. The molecule has 2 aliphatic rings. The van der Waals surface area contributed by atoms with E-state index in [4.69, 9.17) is 16.1 Å². The van der Waals surface area contributed by atoms with Crippen molar-refractivity contribution in [1.29, 1.82) is 0 Å². The molecule has 2 aromatic rings. The van der Waals surface area contributed by atoms with Crippen LogP contribution in [0.1, 0.15) is 25.2 Å². The summed E-state index contributed by atoms with van der Waals surface area (Å²) >= 11 is 6.03. The molecule has 4 rings (SSSR count). The Balaban J connectivity index is 1.34. The zero-order valence-corrected chi connectivity index (χ0v) is 16.3. The predicted molar refractivity (Wildman–Crippen MR) is 106 cm³/mol. The number of likely N-dealkylation sites (tertiary alicyclic amines) is 2. The maximum absolute atomic E-state index is 6.03. The van der Waals surface area contributed by atoms with Crippen LogP contribution in [0.5, 0.6) is 0 Å². The third-order valence-corrected chi connectivity index (χ3v) is 5.52. The van der Waals surface area contributed by atoms with Gasteiger partial charge in [-0.05, 0) is 44.5 Å². The van der Waals surface area contributed by atoms with Gasteiger partial charge in [-0.3, -0.25) is 9.89 Å². The van der Waals surface area contributed by atoms with Gasteiger partial charge in [0.25, 0.3) is 0 Å². The number of nitrogens with one attached hydrogen (secondary N) is 1. The van der Waals surface area contributed by atoms with E-state index in [2.05, 4.69) is 30.2 Å². The molecule has 3 heterocycles. The molecule has 27 heavy (non-hydrogen) atoms. The van der Waals surface area contributed by atoms with Crippen molar-refractivity contribution in [3.63, 3.8) is 0 Å². The molecule has 0 bridgehead atoms. The molecule has 1 unspecified atom stereocenters. The first-order valence-corrected chi connectivity index (χ1v) is 9.89. The van der Waals surface area contributed by atoms with Crippen molar-refractivity contribution in [2.24, 2.45) is 4.99 Å². The van der Waals surface area contributed by atoms with E-state index in [0.29, 0.717) is 29.3 Å². The lowest BCUT2D eigenvalue weighted by atomic mass is 10.2. The van der Waals surface area contributed by atoms with Crippen molar-refractivity contribution in [1.82, 2.24) is 25.3 Å². The van der Waals surface area contributed by atoms with Crippen LogP contribution in [-0.2, 0) is 6.54 Å². The monoisotopic (exact) mass is 388 g/mol. The molecule has 0 saturated carbocycles. The topological polar surface area (TPSA) is 69.8 Å². The molecule has 2 fully saturated rings. The van der Waals surface area contributed by atoms with Crippen LogP contribution >= 0.6 is 11.6 Å². The normalized spacial score (nSPS) is 21.2.